The standard InChI is InChI=1S/C11H18F3NO/c1-10(6-2-4-8(10)15)9(16)5-3-7-11(12,13)14/h8H,2-7,15H2,1H3. The monoisotopic (exact) mass is 237 g/mol. The second kappa shape index (κ2) is 4.73. The summed E-state index contributed by atoms with van der Waals surface area (Å²) in [6.45, 7) is 1.78. The molecule has 0 radical (unpaired) electrons. The Kier molecular flexibility index (Phi) is 3.99. The number of Topliss-reactive ketones (excluding diaryl/α,β-unsaturated/α-hetero) is 1. The maximum Gasteiger partial charge on any atom is 0.389 e. The quantitative estimate of drug-likeness (QED) is 0.817. The fourth-order valence-electron chi connectivity index (χ4n) is 2.27. The first-order valence-corrected chi connectivity index (χ1v) is 5.61. The summed E-state index contributed by atoms with van der Waals surface area (Å²) in [6, 6.07) is -0.189. The topological polar surface area (TPSA) is 43.1 Å². The number of hydrogen-bond donors (Lipinski definition) is 1. The average Bonchev–Trinajstić information content (AvgIpc) is 2.46. The molecule has 1 rings (SSSR count). The Bertz CT molecular complexity index is 264. The Labute approximate surface area is 93.4 Å². The number of alkyl halides is 3. The van der Waals surface area contributed by atoms with Crippen molar-refractivity contribution >= 4 is 5.78 Å². The lowest BCUT2D eigenvalue weighted by molar-refractivity contribution is -0.139. The van der Waals surface area contributed by atoms with Gasteiger partial charge in [0, 0.05) is 24.3 Å². The lowest BCUT2D eigenvalue weighted by Crippen LogP contribution is -2.41. The van der Waals surface area contributed by atoms with Gasteiger partial charge in [0.05, 0.1) is 0 Å². The molecule has 94 valence electrons. The van der Waals surface area contributed by atoms with E-state index in [0.29, 0.717) is 6.42 Å². The number of rotatable bonds is 4. The first-order chi connectivity index (χ1) is 7.26. The van der Waals surface area contributed by atoms with Crippen molar-refractivity contribution in [3.05, 3.63) is 0 Å². The SMILES string of the molecule is CC1(C(=O)CCCC(F)(F)F)CCCC1N. The van der Waals surface area contributed by atoms with Crippen molar-refractivity contribution in [3.63, 3.8) is 0 Å². The van der Waals surface area contributed by atoms with E-state index in [1.165, 1.54) is 0 Å². The number of carbonyl (C=O) groups is 1. The van der Waals surface area contributed by atoms with Gasteiger partial charge in [-0.15, -0.1) is 0 Å². The average molecular weight is 237 g/mol. The van der Waals surface area contributed by atoms with Gasteiger partial charge >= 0.3 is 6.18 Å². The van der Waals surface area contributed by atoms with Crippen molar-refractivity contribution in [1.82, 2.24) is 0 Å². The molecule has 16 heavy (non-hydrogen) atoms. The second-order valence-electron chi connectivity index (χ2n) is 4.81. The van der Waals surface area contributed by atoms with Crippen molar-refractivity contribution in [2.75, 3.05) is 0 Å². The van der Waals surface area contributed by atoms with Gasteiger partial charge in [0.15, 0.2) is 0 Å². The summed E-state index contributed by atoms with van der Waals surface area (Å²) < 4.78 is 35.8. The van der Waals surface area contributed by atoms with Crippen molar-refractivity contribution in [3.8, 4) is 0 Å². The highest BCUT2D eigenvalue weighted by molar-refractivity contribution is 5.85. The van der Waals surface area contributed by atoms with Gasteiger partial charge < -0.3 is 5.73 Å². The normalized spacial score (nSPS) is 30.7. The summed E-state index contributed by atoms with van der Waals surface area (Å²) in [6.07, 6.45) is -2.79. The lowest BCUT2D eigenvalue weighted by Gasteiger charge is -2.27. The van der Waals surface area contributed by atoms with E-state index < -0.39 is 18.0 Å². The molecule has 1 saturated carbocycles. The summed E-state index contributed by atoms with van der Waals surface area (Å²) in [5.74, 6) is -0.109. The molecule has 0 heterocycles. The maximum atomic E-state index is 11.9. The zero-order valence-electron chi connectivity index (χ0n) is 9.44. The van der Waals surface area contributed by atoms with Crippen LogP contribution in [-0.2, 0) is 4.79 Å². The summed E-state index contributed by atoms with van der Waals surface area (Å²) in [7, 11) is 0. The predicted octanol–water partition coefficient (Wildman–Crippen LogP) is 2.81. The third-order valence-electron chi connectivity index (χ3n) is 3.53. The van der Waals surface area contributed by atoms with Gasteiger partial charge in [-0.1, -0.05) is 13.3 Å². The molecule has 0 amide bonds. The van der Waals surface area contributed by atoms with Crippen LogP contribution in [-0.4, -0.2) is 18.0 Å². The summed E-state index contributed by atoms with van der Waals surface area (Å²) in [5.41, 5.74) is 5.24. The van der Waals surface area contributed by atoms with Crippen LogP contribution >= 0.6 is 0 Å². The Morgan fingerprint density at radius 2 is 2.12 bits per heavy atom. The van der Waals surface area contributed by atoms with Crippen LogP contribution in [0.5, 0.6) is 0 Å². The minimum absolute atomic E-state index is 0.0102. The number of ketones is 1. The van der Waals surface area contributed by atoms with Crippen LogP contribution in [0.1, 0.15) is 45.4 Å². The molecule has 0 bridgehead atoms. The summed E-state index contributed by atoms with van der Waals surface area (Å²) >= 11 is 0. The summed E-state index contributed by atoms with van der Waals surface area (Å²) in [4.78, 5) is 11.8. The van der Waals surface area contributed by atoms with Crippen LogP contribution in [0, 0.1) is 5.41 Å². The van der Waals surface area contributed by atoms with Gasteiger partial charge in [-0.3, -0.25) is 4.79 Å². The molecule has 5 heteroatoms. The number of nitrogens with two attached hydrogens (primary N) is 1. The maximum absolute atomic E-state index is 11.9. The van der Waals surface area contributed by atoms with Crippen LogP contribution in [0.15, 0.2) is 0 Å². The molecule has 0 aromatic rings. The molecule has 0 aromatic carbocycles. The molecule has 1 fully saturated rings. The van der Waals surface area contributed by atoms with E-state index in [1.54, 1.807) is 6.92 Å². The number of halogens is 3. The molecule has 0 aliphatic heterocycles. The Morgan fingerprint density at radius 3 is 2.56 bits per heavy atom. The van der Waals surface area contributed by atoms with E-state index in [9.17, 15) is 18.0 Å². The first kappa shape index (κ1) is 13.5. The van der Waals surface area contributed by atoms with E-state index in [1.807, 2.05) is 0 Å². The van der Waals surface area contributed by atoms with Crippen LogP contribution in [0.25, 0.3) is 0 Å². The van der Waals surface area contributed by atoms with Gasteiger partial charge in [0.2, 0.25) is 0 Å². The van der Waals surface area contributed by atoms with E-state index in [4.69, 9.17) is 5.73 Å². The van der Waals surface area contributed by atoms with Crippen LogP contribution in [0.4, 0.5) is 13.2 Å². The second-order valence-corrected chi connectivity index (χ2v) is 4.81. The minimum Gasteiger partial charge on any atom is -0.327 e. The Morgan fingerprint density at radius 1 is 1.50 bits per heavy atom. The smallest absolute Gasteiger partial charge is 0.327 e. The van der Waals surface area contributed by atoms with Crippen molar-refractivity contribution < 1.29 is 18.0 Å². The van der Waals surface area contributed by atoms with Crippen molar-refractivity contribution in [2.45, 2.75) is 57.7 Å². The summed E-state index contributed by atoms with van der Waals surface area (Å²) in [5, 5.41) is 0. The third-order valence-corrected chi connectivity index (χ3v) is 3.53. The van der Waals surface area contributed by atoms with Crippen molar-refractivity contribution in [2.24, 2.45) is 11.1 Å². The van der Waals surface area contributed by atoms with Crippen LogP contribution in [0.2, 0.25) is 0 Å². The Balaban J connectivity index is 2.41. The predicted molar refractivity (Wildman–Crippen MR) is 54.8 cm³/mol. The van der Waals surface area contributed by atoms with E-state index in [0.717, 1.165) is 12.8 Å². The minimum atomic E-state index is -4.17. The largest absolute Gasteiger partial charge is 0.389 e. The molecular formula is C11H18F3NO. The van der Waals surface area contributed by atoms with E-state index in [-0.39, 0.29) is 24.7 Å². The first-order valence-electron chi connectivity index (χ1n) is 5.61. The fourth-order valence-corrected chi connectivity index (χ4v) is 2.27. The molecule has 2 N–H and O–H groups in total. The molecule has 2 unspecified atom stereocenters. The van der Waals surface area contributed by atoms with Gasteiger partial charge in [-0.05, 0) is 19.3 Å². The Hall–Kier alpha value is -0.580. The molecule has 0 spiro atoms. The lowest BCUT2D eigenvalue weighted by atomic mass is 9.79. The molecule has 1 aliphatic carbocycles. The third kappa shape index (κ3) is 3.20. The molecule has 2 nitrogen and oxygen atoms in total. The van der Waals surface area contributed by atoms with Gasteiger partial charge in [0.1, 0.15) is 5.78 Å². The highest BCUT2D eigenvalue weighted by atomic mass is 19.4. The van der Waals surface area contributed by atoms with Crippen molar-refractivity contribution in [1.29, 1.82) is 0 Å². The molecule has 0 saturated heterocycles. The number of carbonyl (C=O) groups excluding carboxylic acids is 1. The van der Waals surface area contributed by atoms with Gasteiger partial charge in [0.25, 0.3) is 0 Å². The van der Waals surface area contributed by atoms with E-state index >= 15 is 0 Å². The van der Waals surface area contributed by atoms with Crippen LogP contribution in [0.3, 0.4) is 0 Å². The van der Waals surface area contributed by atoms with Gasteiger partial charge in [-0.25, -0.2) is 0 Å². The highest BCUT2D eigenvalue weighted by Crippen LogP contribution is 2.39. The molecule has 1 aliphatic rings. The van der Waals surface area contributed by atoms with Crippen LogP contribution < -0.4 is 5.73 Å². The zero-order valence-corrected chi connectivity index (χ0v) is 9.44. The molecular weight excluding hydrogens is 219 g/mol. The zero-order chi connectivity index (χ0) is 12.4. The van der Waals surface area contributed by atoms with E-state index in [2.05, 4.69) is 0 Å². The molecule has 2 atom stereocenters. The highest BCUT2D eigenvalue weighted by Gasteiger charge is 2.42. The molecule has 0 aromatic heterocycles. The number of hydrogen-bond acceptors (Lipinski definition) is 2. The van der Waals surface area contributed by atoms with Gasteiger partial charge in [-0.2, -0.15) is 13.2 Å². The fraction of sp³-hybridized carbons (Fsp3) is 0.909.